The summed E-state index contributed by atoms with van der Waals surface area (Å²) in [5.41, 5.74) is 0.415. The molecule has 0 aliphatic rings. The van der Waals surface area contributed by atoms with E-state index in [1.165, 1.54) is 0 Å². The van der Waals surface area contributed by atoms with E-state index in [2.05, 4.69) is 10.3 Å². The Morgan fingerprint density at radius 2 is 2.18 bits per heavy atom. The highest BCUT2D eigenvalue weighted by Crippen LogP contribution is 2.11. The molecule has 1 heterocycles. The van der Waals surface area contributed by atoms with Gasteiger partial charge in [-0.2, -0.15) is 5.26 Å². The van der Waals surface area contributed by atoms with Crippen molar-refractivity contribution in [1.82, 2.24) is 10.3 Å². The van der Waals surface area contributed by atoms with Crippen LogP contribution in [0.2, 0.25) is 0 Å². The molecule has 0 fully saturated rings. The van der Waals surface area contributed by atoms with Gasteiger partial charge in [0.1, 0.15) is 11.8 Å². The summed E-state index contributed by atoms with van der Waals surface area (Å²) in [6.45, 7) is 1.98. The number of aliphatic hydroxyl groups excluding tert-OH is 2. The molecule has 3 N–H and O–H groups in total. The van der Waals surface area contributed by atoms with Gasteiger partial charge in [-0.05, 0) is 12.5 Å². The molecule has 1 aromatic heterocycles. The maximum Gasteiger partial charge on any atom is 0.144 e. The first-order chi connectivity index (χ1) is 8.21. The highest BCUT2D eigenvalue weighted by molar-refractivity contribution is 5.30. The second-order valence-electron chi connectivity index (χ2n) is 3.93. The lowest BCUT2D eigenvalue weighted by atomic mass is 9.98. The normalized spacial score (nSPS) is 11.2. The summed E-state index contributed by atoms with van der Waals surface area (Å²) < 4.78 is 0. The van der Waals surface area contributed by atoms with E-state index in [4.69, 9.17) is 5.26 Å². The van der Waals surface area contributed by atoms with Crippen LogP contribution in [0.4, 0.5) is 0 Å². The Morgan fingerprint density at radius 3 is 2.71 bits per heavy atom. The second-order valence-corrected chi connectivity index (χ2v) is 3.93. The molecule has 0 amide bonds. The van der Waals surface area contributed by atoms with Crippen molar-refractivity contribution in [2.75, 3.05) is 13.2 Å². The highest BCUT2D eigenvalue weighted by atomic mass is 16.3. The standard InChI is InChI=1S/C12H17N3O2/c1-2-12(8-16,9-17)15-7-10-4-3-5-14-11(10)6-13/h3-5,15-17H,2,7-9H2,1H3. The lowest BCUT2D eigenvalue weighted by Crippen LogP contribution is -2.50. The first-order valence-electron chi connectivity index (χ1n) is 5.52. The molecule has 0 bridgehead atoms. The minimum atomic E-state index is -0.706. The van der Waals surface area contributed by atoms with Crippen LogP contribution in [0.15, 0.2) is 18.3 Å². The third-order valence-electron chi connectivity index (χ3n) is 2.93. The lowest BCUT2D eigenvalue weighted by Gasteiger charge is -2.29. The van der Waals surface area contributed by atoms with Crippen LogP contribution in [0, 0.1) is 11.3 Å². The van der Waals surface area contributed by atoms with Crippen molar-refractivity contribution in [3.8, 4) is 6.07 Å². The lowest BCUT2D eigenvalue weighted by molar-refractivity contribution is 0.0863. The maximum absolute atomic E-state index is 9.28. The predicted molar refractivity (Wildman–Crippen MR) is 63.0 cm³/mol. The smallest absolute Gasteiger partial charge is 0.144 e. The predicted octanol–water partition coefficient (Wildman–Crippen LogP) is 0.176. The van der Waals surface area contributed by atoms with E-state index in [9.17, 15) is 10.2 Å². The molecule has 92 valence electrons. The fraction of sp³-hybridized carbons (Fsp3) is 0.500. The fourth-order valence-electron chi connectivity index (χ4n) is 1.48. The van der Waals surface area contributed by atoms with Gasteiger partial charge in [-0.3, -0.25) is 0 Å². The van der Waals surface area contributed by atoms with E-state index < -0.39 is 5.54 Å². The Labute approximate surface area is 101 Å². The van der Waals surface area contributed by atoms with Crippen LogP contribution in [0.5, 0.6) is 0 Å². The molecule has 0 spiro atoms. The molecule has 0 saturated carbocycles. The number of aromatic nitrogens is 1. The average Bonchev–Trinajstić information content (AvgIpc) is 2.41. The van der Waals surface area contributed by atoms with Gasteiger partial charge in [0.15, 0.2) is 0 Å². The van der Waals surface area contributed by atoms with Crippen molar-refractivity contribution in [1.29, 1.82) is 5.26 Å². The van der Waals surface area contributed by atoms with E-state index >= 15 is 0 Å². The van der Waals surface area contributed by atoms with Crippen LogP contribution in [-0.4, -0.2) is 33.9 Å². The molecular formula is C12H17N3O2. The third kappa shape index (κ3) is 3.24. The van der Waals surface area contributed by atoms with E-state index in [1.807, 2.05) is 13.0 Å². The molecule has 0 aliphatic carbocycles. The second kappa shape index (κ2) is 6.30. The van der Waals surface area contributed by atoms with Gasteiger partial charge in [0.25, 0.3) is 0 Å². The molecule has 1 rings (SSSR count). The number of nitrogens with zero attached hydrogens (tertiary/aromatic N) is 2. The SMILES string of the molecule is CCC(CO)(CO)NCc1cccnc1C#N. The number of pyridine rings is 1. The van der Waals surface area contributed by atoms with Gasteiger partial charge in [0.2, 0.25) is 0 Å². The molecule has 17 heavy (non-hydrogen) atoms. The molecule has 5 heteroatoms. The Bertz CT molecular complexity index is 389. The molecule has 0 aromatic carbocycles. The molecule has 0 atom stereocenters. The van der Waals surface area contributed by atoms with Crippen molar-refractivity contribution < 1.29 is 10.2 Å². The number of nitriles is 1. The molecule has 0 radical (unpaired) electrons. The number of nitrogens with one attached hydrogen (secondary N) is 1. The summed E-state index contributed by atoms with van der Waals surface area (Å²) in [6, 6.07) is 5.56. The van der Waals surface area contributed by atoms with Crippen LogP contribution in [-0.2, 0) is 6.54 Å². The van der Waals surface area contributed by atoms with Gasteiger partial charge in [0, 0.05) is 18.3 Å². The summed E-state index contributed by atoms with van der Waals surface area (Å²) in [4.78, 5) is 3.95. The summed E-state index contributed by atoms with van der Waals surface area (Å²) in [7, 11) is 0. The molecule has 5 nitrogen and oxygen atoms in total. The van der Waals surface area contributed by atoms with Crippen molar-refractivity contribution in [2.24, 2.45) is 0 Å². The molecule has 0 unspecified atom stereocenters. The van der Waals surface area contributed by atoms with E-state index in [0.29, 0.717) is 18.7 Å². The van der Waals surface area contributed by atoms with Gasteiger partial charge >= 0.3 is 0 Å². The Morgan fingerprint density at radius 1 is 1.47 bits per heavy atom. The zero-order valence-electron chi connectivity index (χ0n) is 9.85. The van der Waals surface area contributed by atoms with Gasteiger partial charge in [-0.15, -0.1) is 0 Å². The molecule has 0 aliphatic heterocycles. The van der Waals surface area contributed by atoms with Crippen LogP contribution < -0.4 is 5.32 Å². The van der Waals surface area contributed by atoms with Gasteiger partial charge in [0.05, 0.1) is 18.8 Å². The highest BCUT2D eigenvalue weighted by Gasteiger charge is 2.25. The first-order valence-corrected chi connectivity index (χ1v) is 5.52. The van der Waals surface area contributed by atoms with Crippen molar-refractivity contribution in [3.63, 3.8) is 0 Å². The zero-order chi connectivity index (χ0) is 12.7. The summed E-state index contributed by atoms with van der Waals surface area (Å²) in [5, 5.41) is 30.5. The minimum absolute atomic E-state index is 0.151. The number of aliphatic hydroxyl groups is 2. The third-order valence-corrected chi connectivity index (χ3v) is 2.93. The Kier molecular flexibility index (Phi) is 5.04. The van der Waals surface area contributed by atoms with E-state index in [0.717, 1.165) is 5.56 Å². The zero-order valence-corrected chi connectivity index (χ0v) is 9.85. The number of hydrogen-bond donors (Lipinski definition) is 3. The van der Waals surface area contributed by atoms with Crippen molar-refractivity contribution >= 4 is 0 Å². The van der Waals surface area contributed by atoms with Gasteiger partial charge in [-0.1, -0.05) is 13.0 Å². The first kappa shape index (κ1) is 13.6. The topological polar surface area (TPSA) is 89.2 Å². The van der Waals surface area contributed by atoms with Crippen LogP contribution in [0.3, 0.4) is 0 Å². The maximum atomic E-state index is 9.28. The summed E-state index contributed by atoms with van der Waals surface area (Å²) in [6.07, 6.45) is 2.16. The molecule has 1 aromatic rings. The van der Waals surface area contributed by atoms with Gasteiger partial charge < -0.3 is 15.5 Å². The van der Waals surface area contributed by atoms with Crippen LogP contribution in [0.1, 0.15) is 24.6 Å². The van der Waals surface area contributed by atoms with Gasteiger partial charge in [-0.25, -0.2) is 4.98 Å². The van der Waals surface area contributed by atoms with Crippen LogP contribution >= 0.6 is 0 Å². The summed E-state index contributed by atoms with van der Waals surface area (Å²) in [5.74, 6) is 0. The largest absolute Gasteiger partial charge is 0.394 e. The minimum Gasteiger partial charge on any atom is -0.394 e. The number of rotatable bonds is 6. The summed E-state index contributed by atoms with van der Waals surface area (Å²) >= 11 is 0. The Hall–Kier alpha value is -1.48. The average molecular weight is 235 g/mol. The molecule has 0 saturated heterocycles. The van der Waals surface area contributed by atoms with Crippen molar-refractivity contribution in [3.05, 3.63) is 29.6 Å². The van der Waals surface area contributed by atoms with Crippen LogP contribution in [0.25, 0.3) is 0 Å². The van der Waals surface area contributed by atoms with E-state index in [-0.39, 0.29) is 13.2 Å². The monoisotopic (exact) mass is 235 g/mol. The fourth-order valence-corrected chi connectivity index (χ4v) is 1.48. The quantitative estimate of drug-likeness (QED) is 0.654. The van der Waals surface area contributed by atoms with E-state index in [1.54, 1.807) is 18.3 Å². The van der Waals surface area contributed by atoms with Crippen molar-refractivity contribution in [2.45, 2.75) is 25.4 Å². The number of hydrogen-bond acceptors (Lipinski definition) is 5. The Balaban J connectivity index is 2.76. The molecular weight excluding hydrogens is 218 g/mol.